The Balaban J connectivity index is 2.71. The molecule has 21 heavy (non-hydrogen) atoms. The topological polar surface area (TPSA) is 41.1 Å². The predicted molar refractivity (Wildman–Crippen MR) is 67.2 cm³/mol. The highest BCUT2D eigenvalue weighted by Gasteiger charge is 2.25. The van der Waals surface area contributed by atoms with Crippen LogP contribution in [0.3, 0.4) is 0 Å². The highest BCUT2D eigenvalue weighted by atomic mass is 19.2. The lowest BCUT2D eigenvalue weighted by molar-refractivity contribution is -0.121. The van der Waals surface area contributed by atoms with Gasteiger partial charge in [-0.25, -0.2) is 22.0 Å². The molecule has 1 aromatic carbocycles. The van der Waals surface area contributed by atoms with E-state index in [0.717, 1.165) is 0 Å². The van der Waals surface area contributed by atoms with Crippen molar-refractivity contribution in [2.45, 2.75) is 32.7 Å². The number of halogens is 5. The van der Waals surface area contributed by atoms with Gasteiger partial charge >= 0.3 is 0 Å². The standard InChI is InChI=1S/C13H15F5N2O/c1-3-6(2)20-7(21)4-5-19-13-11(17)9(15)8(14)10(16)12(13)18/h6,19H,3-5H2,1-2H3,(H,20,21). The molecule has 1 atom stereocenters. The minimum atomic E-state index is -2.22. The maximum Gasteiger partial charge on any atom is 0.221 e. The Morgan fingerprint density at radius 3 is 1.95 bits per heavy atom. The molecule has 0 saturated carbocycles. The van der Waals surface area contributed by atoms with Gasteiger partial charge in [-0.3, -0.25) is 4.79 Å². The van der Waals surface area contributed by atoms with E-state index in [4.69, 9.17) is 0 Å². The second-order valence-electron chi connectivity index (χ2n) is 4.50. The quantitative estimate of drug-likeness (QED) is 0.481. The van der Waals surface area contributed by atoms with Crippen LogP contribution < -0.4 is 10.6 Å². The van der Waals surface area contributed by atoms with E-state index in [9.17, 15) is 26.7 Å². The second kappa shape index (κ2) is 7.24. The Labute approximate surface area is 118 Å². The summed E-state index contributed by atoms with van der Waals surface area (Å²) in [5, 5.41) is 4.66. The van der Waals surface area contributed by atoms with Crippen molar-refractivity contribution in [2.24, 2.45) is 0 Å². The molecule has 118 valence electrons. The van der Waals surface area contributed by atoms with E-state index in [2.05, 4.69) is 10.6 Å². The molecule has 0 fully saturated rings. The van der Waals surface area contributed by atoms with E-state index in [1.807, 2.05) is 6.92 Å². The summed E-state index contributed by atoms with van der Waals surface area (Å²) in [5.41, 5.74) is -1.14. The van der Waals surface area contributed by atoms with Crippen molar-refractivity contribution < 1.29 is 26.7 Å². The molecule has 0 saturated heterocycles. The summed E-state index contributed by atoms with van der Waals surface area (Å²) in [5.74, 6) is -10.6. The Bertz CT molecular complexity index is 507. The Morgan fingerprint density at radius 2 is 1.48 bits per heavy atom. The van der Waals surface area contributed by atoms with Crippen molar-refractivity contribution in [3.8, 4) is 0 Å². The highest BCUT2D eigenvalue weighted by molar-refractivity contribution is 5.76. The Kier molecular flexibility index (Phi) is 5.92. The van der Waals surface area contributed by atoms with Crippen LogP contribution in [0.1, 0.15) is 26.7 Å². The van der Waals surface area contributed by atoms with Gasteiger partial charge < -0.3 is 10.6 Å². The molecule has 0 aliphatic heterocycles. The maximum absolute atomic E-state index is 13.3. The highest BCUT2D eigenvalue weighted by Crippen LogP contribution is 2.26. The van der Waals surface area contributed by atoms with Gasteiger partial charge in [0.1, 0.15) is 5.69 Å². The van der Waals surface area contributed by atoms with E-state index in [-0.39, 0.29) is 24.9 Å². The van der Waals surface area contributed by atoms with Crippen molar-refractivity contribution >= 4 is 11.6 Å². The first kappa shape index (κ1) is 17.2. The van der Waals surface area contributed by atoms with E-state index in [1.165, 1.54) is 0 Å². The van der Waals surface area contributed by atoms with Crippen LogP contribution in [0.5, 0.6) is 0 Å². The summed E-state index contributed by atoms with van der Waals surface area (Å²) in [6.45, 7) is 3.37. The van der Waals surface area contributed by atoms with Crippen LogP contribution in [0.15, 0.2) is 0 Å². The van der Waals surface area contributed by atoms with Crippen LogP contribution in [-0.4, -0.2) is 18.5 Å². The van der Waals surface area contributed by atoms with Gasteiger partial charge in [0.2, 0.25) is 11.7 Å². The molecule has 0 aromatic heterocycles. The van der Waals surface area contributed by atoms with Gasteiger partial charge in [0.15, 0.2) is 23.3 Å². The normalized spacial score (nSPS) is 12.1. The largest absolute Gasteiger partial charge is 0.380 e. The molecule has 1 aromatic rings. The monoisotopic (exact) mass is 310 g/mol. The lowest BCUT2D eigenvalue weighted by atomic mass is 10.2. The average molecular weight is 310 g/mol. The van der Waals surface area contributed by atoms with Crippen molar-refractivity contribution in [2.75, 3.05) is 11.9 Å². The molecule has 0 radical (unpaired) electrons. The zero-order valence-corrected chi connectivity index (χ0v) is 11.5. The number of hydrogen-bond acceptors (Lipinski definition) is 2. The number of rotatable bonds is 6. The molecule has 1 rings (SSSR count). The zero-order valence-electron chi connectivity index (χ0n) is 11.5. The minimum Gasteiger partial charge on any atom is -0.380 e. The molecule has 0 heterocycles. The van der Waals surface area contributed by atoms with Crippen LogP contribution in [-0.2, 0) is 4.79 Å². The van der Waals surface area contributed by atoms with Crippen molar-refractivity contribution in [1.82, 2.24) is 5.32 Å². The average Bonchev–Trinajstić information content (AvgIpc) is 2.46. The molecular weight excluding hydrogens is 295 g/mol. The zero-order chi connectivity index (χ0) is 16.2. The van der Waals surface area contributed by atoms with Gasteiger partial charge in [-0.05, 0) is 13.3 Å². The summed E-state index contributed by atoms with van der Waals surface area (Å²) in [6, 6.07) is -0.0633. The van der Waals surface area contributed by atoms with E-state index < -0.39 is 34.8 Å². The fourth-order valence-corrected chi connectivity index (χ4v) is 1.51. The first-order chi connectivity index (χ1) is 9.79. The number of hydrogen-bond donors (Lipinski definition) is 2. The first-order valence-corrected chi connectivity index (χ1v) is 6.34. The van der Waals surface area contributed by atoms with Crippen LogP contribution in [0.4, 0.5) is 27.6 Å². The smallest absolute Gasteiger partial charge is 0.221 e. The summed E-state index contributed by atoms with van der Waals surface area (Å²) < 4.78 is 65.3. The molecule has 0 bridgehead atoms. The van der Waals surface area contributed by atoms with Crippen molar-refractivity contribution in [3.05, 3.63) is 29.1 Å². The van der Waals surface area contributed by atoms with Gasteiger partial charge in [0.25, 0.3) is 0 Å². The third kappa shape index (κ3) is 4.05. The van der Waals surface area contributed by atoms with Gasteiger partial charge in [-0.1, -0.05) is 6.92 Å². The number of anilines is 1. The number of carbonyl (C=O) groups is 1. The summed E-state index contributed by atoms with van der Waals surface area (Å²) >= 11 is 0. The van der Waals surface area contributed by atoms with Crippen molar-refractivity contribution in [1.29, 1.82) is 0 Å². The number of benzene rings is 1. The molecule has 3 nitrogen and oxygen atoms in total. The first-order valence-electron chi connectivity index (χ1n) is 6.34. The van der Waals surface area contributed by atoms with Crippen LogP contribution in [0, 0.1) is 29.1 Å². The molecule has 1 amide bonds. The van der Waals surface area contributed by atoms with Crippen LogP contribution in [0.25, 0.3) is 0 Å². The number of carbonyl (C=O) groups excluding carboxylic acids is 1. The molecular formula is C13H15F5N2O. The Morgan fingerprint density at radius 1 is 1.00 bits per heavy atom. The predicted octanol–water partition coefficient (Wildman–Crippen LogP) is 3.10. The van der Waals surface area contributed by atoms with Crippen molar-refractivity contribution in [3.63, 3.8) is 0 Å². The van der Waals surface area contributed by atoms with Crippen LogP contribution in [0.2, 0.25) is 0 Å². The summed E-state index contributed by atoms with van der Waals surface area (Å²) in [4.78, 5) is 11.4. The SMILES string of the molecule is CCC(C)NC(=O)CCNc1c(F)c(F)c(F)c(F)c1F. The third-order valence-electron chi connectivity index (χ3n) is 2.88. The Hall–Kier alpha value is -1.86. The maximum atomic E-state index is 13.3. The number of nitrogens with one attached hydrogen (secondary N) is 2. The van der Waals surface area contributed by atoms with Gasteiger partial charge in [-0.15, -0.1) is 0 Å². The van der Waals surface area contributed by atoms with Crippen LogP contribution >= 0.6 is 0 Å². The summed E-state index contributed by atoms with van der Waals surface area (Å²) in [7, 11) is 0. The summed E-state index contributed by atoms with van der Waals surface area (Å²) in [6.07, 6.45) is 0.542. The molecule has 0 aliphatic rings. The molecule has 2 N–H and O–H groups in total. The van der Waals surface area contributed by atoms with E-state index in [0.29, 0.717) is 6.42 Å². The fourth-order valence-electron chi connectivity index (χ4n) is 1.51. The molecule has 8 heteroatoms. The fraction of sp³-hybridized carbons (Fsp3) is 0.462. The second-order valence-corrected chi connectivity index (χ2v) is 4.50. The van der Waals surface area contributed by atoms with Gasteiger partial charge in [0.05, 0.1) is 0 Å². The molecule has 0 aliphatic carbocycles. The van der Waals surface area contributed by atoms with E-state index in [1.54, 1.807) is 6.92 Å². The van der Waals surface area contributed by atoms with E-state index >= 15 is 0 Å². The van der Waals surface area contributed by atoms with Gasteiger partial charge in [-0.2, -0.15) is 0 Å². The minimum absolute atomic E-state index is 0.0633. The number of amides is 1. The third-order valence-corrected chi connectivity index (χ3v) is 2.88. The lowest BCUT2D eigenvalue weighted by Crippen LogP contribution is -2.33. The van der Waals surface area contributed by atoms with Gasteiger partial charge in [0, 0.05) is 19.0 Å². The lowest BCUT2D eigenvalue weighted by Gasteiger charge is -2.13. The molecule has 0 spiro atoms. The molecule has 1 unspecified atom stereocenters.